The number of carbonyl (C=O) groups is 1. The van der Waals surface area contributed by atoms with E-state index in [1.807, 2.05) is 6.07 Å². The molecule has 1 aromatic heterocycles. The molecule has 0 saturated heterocycles. The number of benzene rings is 2. The average molecular weight is 397 g/mol. The molecule has 3 rings (SSSR count). The third-order valence-electron chi connectivity index (χ3n) is 3.84. The van der Waals surface area contributed by atoms with E-state index in [4.69, 9.17) is 5.26 Å². The first-order chi connectivity index (χ1) is 12.9. The number of para-hydroxylation sites is 1. The van der Waals surface area contributed by atoms with Crippen LogP contribution in [0.4, 0.5) is 11.4 Å². The lowest BCUT2D eigenvalue weighted by Crippen LogP contribution is -2.28. The van der Waals surface area contributed by atoms with E-state index in [9.17, 15) is 13.2 Å². The molecule has 0 unspecified atom stereocenters. The number of rotatable bonds is 5. The molecule has 2 aromatic carbocycles. The molecule has 3 aromatic rings. The van der Waals surface area contributed by atoms with E-state index in [0.29, 0.717) is 16.9 Å². The van der Waals surface area contributed by atoms with Gasteiger partial charge in [0.05, 0.1) is 17.3 Å². The van der Waals surface area contributed by atoms with Crippen LogP contribution in [0.15, 0.2) is 70.9 Å². The maximum atomic E-state index is 13.0. The van der Waals surface area contributed by atoms with Crippen molar-refractivity contribution in [2.24, 2.45) is 0 Å². The molecule has 0 aliphatic carbocycles. The van der Waals surface area contributed by atoms with Crippen LogP contribution in [0.3, 0.4) is 0 Å². The number of nitrogens with zero attached hydrogens (tertiary/aromatic N) is 2. The Bertz CT molecular complexity index is 1120. The Morgan fingerprint density at radius 2 is 1.85 bits per heavy atom. The minimum absolute atomic E-state index is 0.0622. The molecular formula is C19H15N3O3S2. The molecule has 136 valence electrons. The monoisotopic (exact) mass is 397 g/mol. The van der Waals surface area contributed by atoms with Crippen LogP contribution in [0.5, 0.6) is 0 Å². The Labute approximate surface area is 161 Å². The van der Waals surface area contributed by atoms with Gasteiger partial charge < -0.3 is 5.32 Å². The maximum Gasteiger partial charge on any atom is 0.267 e. The van der Waals surface area contributed by atoms with Crippen molar-refractivity contribution >= 4 is 38.6 Å². The normalized spacial score (nSPS) is 10.8. The predicted molar refractivity (Wildman–Crippen MR) is 105 cm³/mol. The summed E-state index contributed by atoms with van der Waals surface area (Å²) in [5.41, 5.74) is 1.32. The standard InChI is InChI=1S/C19H15N3O3S2/c1-22(16-8-3-2-4-9-16)27(24,25)17-10-11-26-18(17)19(23)21-15-7-5-6-14(12-15)13-20/h2-12H,1H3,(H,21,23). The summed E-state index contributed by atoms with van der Waals surface area (Å²) >= 11 is 1.04. The Morgan fingerprint density at radius 3 is 2.56 bits per heavy atom. The van der Waals surface area contributed by atoms with Gasteiger partial charge in [-0.05, 0) is 41.8 Å². The van der Waals surface area contributed by atoms with Crippen molar-refractivity contribution in [3.05, 3.63) is 76.5 Å². The largest absolute Gasteiger partial charge is 0.321 e. The summed E-state index contributed by atoms with van der Waals surface area (Å²) < 4.78 is 27.1. The third-order valence-corrected chi connectivity index (χ3v) is 6.71. The highest BCUT2D eigenvalue weighted by Gasteiger charge is 2.28. The summed E-state index contributed by atoms with van der Waals surface area (Å²) in [5.74, 6) is -0.542. The number of nitrogens with one attached hydrogen (secondary N) is 1. The fourth-order valence-electron chi connectivity index (χ4n) is 2.44. The van der Waals surface area contributed by atoms with Gasteiger partial charge in [0.2, 0.25) is 0 Å². The number of sulfonamides is 1. The van der Waals surface area contributed by atoms with Gasteiger partial charge in [-0.2, -0.15) is 5.26 Å². The lowest BCUT2D eigenvalue weighted by molar-refractivity contribution is 0.102. The summed E-state index contributed by atoms with van der Waals surface area (Å²) in [4.78, 5) is 12.7. The van der Waals surface area contributed by atoms with Gasteiger partial charge in [0, 0.05) is 12.7 Å². The molecule has 0 saturated carbocycles. The lowest BCUT2D eigenvalue weighted by atomic mass is 10.2. The number of thiophene rings is 1. The number of anilines is 2. The molecule has 27 heavy (non-hydrogen) atoms. The number of nitriles is 1. The first-order valence-corrected chi connectivity index (χ1v) is 10.2. The Morgan fingerprint density at radius 1 is 1.11 bits per heavy atom. The van der Waals surface area contributed by atoms with E-state index in [0.717, 1.165) is 15.6 Å². The van der Waals surface area contributed by atoms with Crippen molar-refractivity contribution in [3.8, 4) is 6.07 Å². The molecule has 8 heteroatoms. The Hall–Kier alpha value is -3.15. The molecule has 0 spiro atoms. The van der Waals surface area contributed by atoms with Gasteiger partial charge in [-0.25, -0.2) is 8.42 Å². The first-order valence-electron chi connectivity index (χ1n) is 7.86. The molecule has 0 bridgehead atoms. The van der Waals surface area contributed by atoms with Crippen LogP contribution in [-0.2, 0) is 10.0 Å². The lowest BCUT2D eigenvalue weighted by Gasteiger charge is -2.19. The third kappa shape index (κ3) is 3.84. The van der Waals surface area contributed by atoms with E-state index in [1.54, 1.807) is 53.9 Å². The van der Waals surface area contributed by atoms with Crippen molar-refractivity contribution in [3.63, 3.8) is 0 Å². The van der Waals surface area contributed by atoms with Gasteiger partial charge in [-0.15, -0.1) is 11.3 Å². The van der Waals surface area contributed by atoms with E-state index in [-0.39, 0.29) is 9.77 Å². The summed E-state index contributed by atoms with van der Waals surface area (Å²) in [6.45, 7) is 0. The number of hydrogen-bond acceptors (Lipinski definition) is 5. The van der Waals surface area contributed by atoms with E-state index in [2.05, 4.69) is 5.32 Å². The zero-order valence-corrected chi connectivity index (χ0v) is 15.9. The fraction of sp³-hybridized carbons (Fsp3) is 0.0526. The molecular weight excluding hydrogens is 382 g/mol. The number of amides is 1. The average Bonchev–Trinajstić information content (AvgIpc) is 3.19. The fourth-order valence-corrected chi connectivity index (χ4v) is 4.93. The molecule has 0 fully saturated rings. The molecule has 0 aliphatic rings. The van der Waals surface area contributed by atoms with Crippen LogP contribution in [0.2, 0.25) is 0 Å². The molecule has 0 atom stereocenters. The van der Waals surface area contributed by atoms with Crippen molar-refractivity contribution in [1.29, 1.82) is 5.26 Å². The SMILES string of the molecule is CN(c1ccccc1)S(=O)(=O)c1ccsc1C(=O)Nc1cccc(C#N)c1. The second-order valence-electron chi connectivity index (χ2n) is 5.57. The number of hydrogen-bond donors (Lipinski definition) is 1. The van der Waals surface area contributed by atoms with E-state index >= 15 is 0 Å². The van der Waals surface area contributed by atoms with Crippen LogP contribution in [0, 0.1) is 11.3 Å². The summed E-state index contributed by atoms with van der Waals surface area (Å²) in [7, 11) is -2.45. The summed E-state index contributed by atoms with van der Waals surface area (Å²) in [6.07, 6.45) is 0. The van der Waals surface area contributed by atoms with Crippen LogP contribution >= 0.6 is 11.3 Å². The second kappa shape index (κ2) is 7.61. The smallest absolute Gasteiger partial charge is 0.267 e. The molecule has 1 N–H and O–H groups in total. The van der Waals surface area contributed by atoms with Crippen molar-refractivity contribution in [1.82, 2.24) is 0 Å². The first kappa shape index (κ1) is 18.6. The minimum Gasteiger partial charge on any atom is -0.321 e. The van der Waals surface area contributed by atoms with Crippen molar-refractivity contribution < 1.29 is 13.2 Å². The summed E-state index contributed by atoms with van der Waals surface area (Å²) in [6, 6.07) is 18.5. The van der Waals surface area contributed by atoms with Crippen molar-refractivity contribution in [2.75, 3.05) is 16.7 Å². The number of carbonyl (C=O) groups excluding carboxylic acids is 1. The van der Waals surface area contributed by atoms with Crippen LogP contribution in [0.1, 0.15) is 15.2 Å². The van der Waals surface area contributed by atoms with Crippen LogP contribution < -0.4 is 9.62 Å². The maximum absolute atomic E-state index is 13.0. The van der Waals surface area contributed by atoms with Gasteiger partial charge in [-0.1, -0.05) is 24.3 Å². The predicted octanol–water partition coefficient (Wildman–Crippen LogP) is 3.70. The minimum atomic E-state index is -3.90. The molecule has 6 nitrogen and oxygen atoms in total. The highest BCUT2D eigenvalue weighted by molar-refractivity contribution is 7.93. The van der Waals surface area contributed by atoms with E-state index < -0.39 is 15.9 Å². The van der Waals surface area contributed by atoms with Gasteiger partial charge in [-0.3, -0.25) is 9.10 Å². The van der Waals surface area contributed by atoms with Crippen molar-refractivity contribution in [2.45, 2.75) is 4.90 Å². The van der Waals surface area contributed by atoms with Crippen LogP contribution in [-0.4, -0.2) is 21.4 Å². The molecule has 1 amide bonds. The summed E-state index contributed by atoms with van der Waals surface area (Å²) in [5, 5.41) is 13.2. The molecule has 0 radical (unpaired) electrons. The highest BCUT2D eigenvalue weighted by Crippen LogP contribution is 2.28. The second-order valence-corrected chi connectivity index (χ2v) is 8.42. The van der Waals surface area contributed by atoms with Gasteiger partial charge in [0.15, 0.2) is 0 Å². The topological polar surface area (TPSA) is 90.3 Å². The zero-order chi connectivity index (χ0) is 19.4. The molecule has 0 aliphatic heterocycles. The van der Waals surface area contributed by atoms with Gasteiger partial charge >= 0.3 is 0 Å². The highest BCUT2D eigenvalue weighted by atomic mass is 32.2. The quantitative estimate of drug-likeness (QED) is 0.711. The zero-order valence-electron chi connectivity index (χ0n) is 14.3. The van der Waals surface area contributed by atoms with Gasteiger partial charge in [0.1, 0.15) is 9.77 Å². The van der Waals surface area contributed by atoms with Crippen LogP contribution in [0.25, 0.3) is 0 Å². The van der Waals surface area contributed by atoms with E-state index in [1.165, 1.54) is 19.2 Å². The Kier molecular flexibility index (Phi) is 5.26. The Balaban J connectivity index is 1.91. The molecule has 1 heterocycles. The van der Waals surface area contributed by atoms with Gasteiger partial charge in [0.25, 0.3) is 15.9 Å².